The van der Waals surface area contributed by atoms with E-state index >= 15 is 4.39 Å². The predicted octanol–water partition coefficient (Wildman–Crippen LogP) is 0.932. The van der Waals surface area contributed by atoms with Crippen molar-refractivity contribution in [3.05, 3.63) is 22.7 Å². The molecule has 232 valence electrons. The number of hydrogen-bond acceptors (Lipinski definition) is 11. The number of alkyl halides is 1. The fourth-order valence-electron chi connectivity index (χ4n) is 3.77. The molecule has 2 aliphatic heterocycles. The third kappa shape index (κ3) is 9.08. The molecule has 0 radical (unpaired) electrons. The molecule has 0 aliphatic carbocycles. The van der Waals surface area contributed by atoms with E-state index in [1.807, 2.05) is 0 Å². The number of nitrogens with one attached hydrogen (secondary N) is 3. The van der Waals surface area contributed by atoms with Gasteiger partial charge in [0.05, 0.1) is 25.4 Å². The molecule has 2 aliphatic rings. The second-order valence-electron chi connectivity index (χ2n) is 9.99. The molecule has 0 spiro atoms. The molecule has 0 aromatic heterocycles. The molecule has 2 rings (SSSR count). The van der Waals surface area contributed by atoms with E-state index in [-0.39, 0.29) is 0 Å². The molecule has 41 heavy (non-hydrogen) atoms. The summed E-state index contributed by atoms with van der Waals surface area (Å²) in [5.41, 5.74) is 6.71. The van der Waals surface area contributed by atoms with E-state index in [4.69, 9.17) is 24.3 Å². The van der Waals surface area contributed by atoms with Crippen molar-refractivity contribution in [3.8, 4) is 0 Å². The zero-order valence-electron chi connectivity index (χ0n) is 23.5. The van der Waals surface area contributed by atoms with Gasteiger partial charge >= 0.3 is 25.6 Å². The summed E-state index contributed by atoms with van der Waals surface area (Å²) in [6.07, 6.45) is -6.32. The Labute approximate surface area is 235 Å². The number of halogens is 1. The smallest absolute Gasteiger partial charge is 0.342 e. The summed E-state index contributed by atoms with van der Waals surface area (Å²) < 4.78 is 50.8. The molecule has 2 amide bonds. The van der Waals surface area contributed by atoms with Crippen LogP contribution in [0.15, 0.2) is 17.4 Å². The quantitative estimate of drug-likeness (QED) is 0.0608. The van der Waals surface area contributed by atoms with E-state index in [1.54, 1.807) is 27.7 Å². The molecule has 1 saturated heterocycles. The van der Waals surface area contributed by atoms with Gasteiger partial charge in [-0.15, -0.1) is 0 Å². The van der Waals surface area contributed by atoms with Crippen molar-refractivity contribution in [2.75, 3.05) is 13.2 Å². The van der Waals surface area contributed by atoms with E-state index < -0.39 is 93.4 Å². The van der Waals surface area contributed by atoms with Crippen LogP contribution in [0.1, 0.15) is 41.5 Å². The van der Waals surface area contributed by atoms with Crippen molar-refractivity contribution in [1.29, 1.82) is 0 Å². The standard InChI is InChI=1S/C22H37FN7O10P/c1-11(2)38-19(33)13(5)27-41(36,28-14(6)20(34)39-12(3)4)37-10-22(9-25-29-24)17(32)16(23)18(40-22)30-8-7-15(31)26-21(30)35/h7-8,11-18,31-32H,9-10H2,1-6H3,(H,26,35)(H2,27,28,36)/t13-,14-,15?,16+,17-,18+,22+/m0/s1. The van der Waals surface area contributed by atoms with Crippen LogP contribution in [0, 0.1) is 0 Å². The van der Waals surface area contributed by atoms with Gasteiger partial charge in [0, 0.05) is 11.1 Å². The molecule has 1 unspecified atom stereocenters. The molecular formula is C22H37FN7O10P. The minimum absolute atomic E-state index is 0.505. The number of amides is 2. The molecule has 1 fully saturated rings. The van der Waals surface area contributed by atoms with Gasteiger partial charge in [-0.1, -0.05) is 5.11 Å². The SMILES string of the molecule is CC(C)OC(=O)[C@H](C)NP(=O)(N[C@@H](C)C(=O)OC(C)C)OC[C@@]1(CN=[N+]=[N-])O[C@@H](N2C=CC(O)NC2=O)[C@H](F)[C@@H]1O. The van der Waals surface area contributed by atoms with E-state index in [0.29, 0.717) is 0 Å². The lowest BCUT2D eigenvalue weighted by Gasteiger charge is -2.34. The minimum atomic E-state index is -4.46. The fourth-order valence-corrected chi connectivity index (χ4v) is 5.62. The average Bonchev–Trinajstić information content (AvgIpc) is 3.11. The van der Waals surface area contributed by atoms with E-state index in [2.05, 4.69) is 25.5 Å². The van der Waals surface area contributed by atoms with Crippen LogP contribution < -0.4 is 15.5 Å². The normalized spacial score (nSPS) is 27.8. The van der Waals surface area contributed by atoms with Gasteiger partial charge in [-0.25, -0.2) is 19.4 Å². The van der Waals surface area contributed by atoms with E-state index in [0.717, 1.165) is 17.2 Å². The fraction of sp³-hybridized carbons (Fsp3) is 0.773. The number of ether oxygens (including phenoxy) is 3. The van der Waals surface area contributed by atoms with Gasteiger partial charge < -0.3 is 34.3 Å². The highest BCUT2D eigenvalue weighted by Crippen LogP contribution is 2.44. The minimum Gasteiger partial charge on any atom is -0.462 e. The molecule has 0 aromatic rings. The van der Waals surface area contributed by atoms with Crippen molar-refractivity contribution in [3.63, 3.8) is 0 Å². The topological polar surface area (TPSA) is 234 Å². The second-order valence-corrected chi connectivity index (χ2v) is 11.9. The lowest BCUT2D eigenvalue weighted by molar-refractivity contribution is -0.149. The van der Waals surface area contributed by atoms with Crippen molar-refractivity contribution in [2.24, 2.45) is 5.11 Å². The summed E-state index contributed by atoms with van der Waals surface area (Å²) in [5, 5.41) is 30.7. The Morgan fingerprint density at radius 3 is 2.20 bits per heavy atom. The van der Waals surface area contributed by atoms with Gasteiger partial charge in [-0.05, 0) is 53.1 Å². The Balaban J connectivity index is 2.37. The number of azide groups is 1. The maximum atomic E-state index is 15.3. The van der Waals surface area contributed by atoms with Gasteiger partial charge in [0.1, 0.15) is 30.0 Å². The van der Waals surface area contributed by atoms with Crippen LogP contribution in [0.4, 0.5) is 9.18 Å². The number of carbonyl (C=O) groups is 3. The van der Waals surface area contributed by atoms with Gasteiger partial charge in [-0.2, -0.15) is 0 Å². The highest BCUT2D eigenvalue weighted by atomic mass is 31.2. The molecule has 19 heteroatoms. The Bertz CT molecular complexity index is 1060. The number of nitrogens with zero attached hydrogens (tertiary/aromatic N) is 4. The largest absolute Gasteiger partial charge is 0.462 e. The van der Waals surface area contributed by atoms with Crippen LogP contribution in [0.3, 0.4) is 0 Å². The first-order valence-electron chi connectivity index (χ1n) is 12.7. The third-order valence-corrected chi connectivity index (χ3v) is 7.65. The lowest BCUT2D eigenvalue weighted by Crippen LogP contribution is -2.52. The molecular weight excluding hydrogens is 572 g/mol. The van der Waals surface area contributed by atoms with Crippen LogP contribution >= 0.6 is 7.67 Å². The van der Waals surface area contributed by atoms with Crippen molar-refractivity contribution in [1.82, 2.24) is 20.4 Å². The number of carbonyl (C=O) groups excluding carboxylic acids is 3. The number of urea groups is 1. The summed E-state index contributed by atoms with van der Waals surface area (Å²) in [4.78, 5) is 40.5. The molecule has 5 N–H and O–H groups in total. The second kappa shape index (κ2) is 14.4. The summed E-state index contributed by atoms with van der Waals surface area (Å²) in [7, 11) is -4.46. The zero-order chi connectivity index (χ0) is 31.1. The average molecular weight is 610 g/mol. The molecule has 17 nitrogen and oxygen atoms in total. The number of aliphatic hydroxyl groups is 2. The predicted molar refractivity (Wildman–Crippen MR) is 139 cm³/mol. The van der Waals surface area contributed by atoms with Gasteiger partial charge in [-0.3, -0.25) is 19.1 Å². The summed E-state index contributed by atoms with van der Waals surface area (Å²) in [6.45, 7) is 7.39. The molecule has 7 atom stereocenters. The maximum absolute atomic E-state index is 15.3. The monoisotopic (exact) mass is 609 g/mol. The van der Waals surface area contributed by atoms with Crippen LogP contribution in [0.2, 0.25) is 0 Å². The van der Waals surface area contributed by atoms with Gasteiger partial charge in [0.2, 0.25) is 0 Å². The Morgan fingerprint density at radius 1 is 1.20 bits per heavy atom. The first-order valence-corrected chi connectivity index (χ1v) is 14.3. The zero-order valence-corrected chi connectivity index (χ0v) is 24.4. The first-order chi connectivity index (χ1) is 19.0. The molecule has 0 aromatic carbocycles. The highest BCUT2D eigenvalue weighted by molar-refractivity contribution is 7.54. The van der Waals surface area contributed by atoms with Crippen LogP contribution in [0.5, 0.6) is 0 Å². The first kappa shape index (κ1) is 34.4. The van der Waals surface area contributed by atoms with Crippen molar-refractivity contribution in [2.45, 2.75) is 96.2 Å². The summed E-state index contributed by atoms with van der Waals surface area (Å²) >= 11 is 0. The Kier molecular flexibility index (Phi) is 12.1. The maximum Gasteiger partial charge on any atom is 0.342 e. The molecule has 2 heterocycles. The van der Waals surface area contributed by atoms with E-state index in [1.165, 1.54) is 13.8 Å². The van der Waals surface area contributed by atoms with Gasteiger partial charge in [0.15, 0.2) is 12.4 Å². The molecule has 0 saturated carbocycles. The number of esters is 2. The number of hydrogen-bond donors (Lipinski definition) is 5. The number of rotatable bonds is 14. The Hall–Kier alpha value is -2.82. The van der Waals surface area contributed by atoms with Crippen LogP contribution in [-0.2, 0) is 32.9 Å². The van der Waals surface area contributed by atoms with Crippen molar-refractivity contribution < 1.29 is 52.3 Å². The summed E-state index contributed by atoms with van der Waals surface area (Å²) in [5.74, 6) is -1.61. The van der Waals surface area contributed by atoms with Crippen LogP contribution in [-0.4, -0.2) is 101 Å². The van der Waals surface area contributed by atoms with Crippen molar-refractivity contribution >= 4 is 25.6 Å². The highest BCUT2D eigenvalue weighted by Gasteiger charge is 2.58. The van der Waals surface area contributed by atoms with Crippen LogP contribution in [0.25, 0.3) is 10.4 Å². The lowest BCUT2D eigenvalue weighted by atomic mass is 9.97. The third-order valence-electron chi connectivity index (χ3n) is 5.71. The Morgan fingerprint density at radius 2 is 1.73 bits per heavy atom. The summed E-state index contributed by atoms with van der Waals surface area (Å²) in [6, 6.07) is -3.45. The van der Waals surface area contributed by atoms with E-state index in [9.17, 15) is 29.2 Å². The van der Waals surface area contributed by atoms with Gasteiger partial charge in [0.25, 0.3) is 0 Å². The number of aliphatic hydroxyl groups excluding tert-OH is 2. The molecule has 0 bridgehead atoms.